The number of methoxy groups -OCH3 is 1. The van der Waals surface area contributed by atoms with Gasteiger partial charge in [0.1, 0.15) is 24.0 Å². The monoisotopic (exact) mass is 600 g/mol. The lowest BCUT2D eigenvalue weighted by Gasteiger charge is -2.39. The smallest absolute Gasteiger partial charge is 0.311 e. The average molecular weight is 601 g/mol. The average Bonchev–Trinajstić information content (AvgIpc) is 2.95. The van der Waals surface area contributed by atoms with Crippen LogP contribution in [0.4, 0.5) is 15.9 Å². The van der Waals surface area contributed by atoms with Gasteiger partial charge in [-0.2, -0.15) is 0 Å². The van der Waals surface area contributed by atoms with E-state index in [9.17, 15) is 24.1 Å². The number of nitro benzene ring substituents is 1. The number of amides is 1. The molecule has 1 aliphatic heterocycles. The van der Waals surface area contributed by atoms with Crippen LogP contribution in [0.1, 0.15) is 56.2 Å². The van der Waals surface area contributed by atoms with Crippen LogP contribution in [0, 0.1) is 28.3 Å². The molecule has 1 amide bonds. The zero-order valence-corrected chi connectivity index (χ0v) is 25.1. The summed E-state index contributed by atoms with van der Waals surface area (Å²) in [5.41, 5.74) is 3.65. The van der Waals surface area contributed by atoms with E-state index in [0.717, 1.165) is 29.5 Å². The molecule has 0 fully saturated rings. The van der Waals surface area contributed by atoms with Crippen LogP contribution in [-0.4, -0.2) is 28.7 Å². The normalized spacial score (nSPS) is 17.5. The quantitative estimate of drug-likeness (QED) is 0.228. The molecule has 1 aliphatic carbocycles. The van der Waals surface area contributed by atoms with Gasteiger partial charge in [-0.3, -0.25) is 19.7 Å². The largest absolute Gasteiger partial charge is 0.496 e. The standard InChI is InChI=1S/C33H33FN4O6/c1-18-6-11-28(35-16-18)37-32(40)29-19(2)36-23-14-33(3,4)15-25(39)31(23)30(29)20-7-10-26(43-5)21(12-20)17-44-27-13-22(34)8-9-24(27)38(41)42/h6-13,16,30,36H,14-15,17H2,1-5H3,(H,35,37,40)/t30-/m1/s1. The zero-order chi connectivity index (χ0) is 31.8. The number of halogens is 1. The van der Waals surface area contributed by atoms with E-state index in [-0.39, 0.29) is 29.2 Å². The Balaban J connectivity index is 1.58. The number of nitrogens with zero attached hydrogens (tertiary/aromatic N) is 2. The highest BCUT2D eigenvalue weighted by Gasteiger charge is 2.43. The van der Waals surface area contributed by atoms with E-state index in [1.165, 1.54) is 7.11 Å². The molecule has 0 saturated heterocycles. The molecule has 0 radical (unpaired) electrons. The number of Topliss-reactive ketones (excluding diaryl/α,β-unsaturated/α-hetero) is 1. The number of rotatable bonds is 8. The third-order valence-electron chi connectivity index (χ3n) is 7.78. The number of pyridine rings is 1. The molecule has 3 aromatic rings. The molecule has 11 heteroatoms. The van der Waals surface area contributed by atoms with E-state index in [4.69, 9.17) is 9.47 Å². The van der Waals surface area contributed by atoms with Gasteiger partial charge in [-0.05, 0) is 61.1 Å². The third kappa shape index (κ3) is 6.17. The number of ketones is 1. The van der Waals surface area contributed by atoms with Gasteiger partial charge in [0.2, 0.25) is 0 Å². The van der Waals surface area contributed by atoms with Crippen LogP contribution in [0.5, 0.6) is 11.5 Å². The summed E-state index contributed by atoms with van der Waals surface area (Å²) in [5, 5.41) is 17.7. The Morgan fingerprint density at radius 1 is 1.14 bits per heavy atom. The Morgan fingerprint density at radius 3 is 2.59 bits per heavy atom. The summed E-state index contributed by atoms with van der Waals surface area (Å²) >= 11 is 0. The maximum absolute atomic E-state index is 14.0. The van der Waals surface area contributed by atoms with Crippen LogP contribution >= 0.6 is 0 Å². The van der Waals surface area contributed by atoms with Crippen molar-refractivity contribution >= 4 is 23.2 Å². The summed E-state index contributed by atoms with van der Waals surface area (Å²) in [4.78, 5) is 42.8. The van der Waals surface area contributed by atoms with E-state index in [2.05, 4.69) is 15.6 Å². The van der Waals surface area contributed by atoms with Crippen LogP contribution in [0.2, 0.25) is 0 Å². The van der Waals surface area contributed by atoms with Gasteiger partial charge in [0, 0.05) is 58.8 Å². The fourth-order valence-electron chi connectivity index (χ4n) is 5.80. The Hall–Kier alpha value is -5.06. The van der Waals surface area contributed by atoms with E-state index >= 15 is 0 Å². The number of benzene rings is 2. The highest BCUT2D eigenvalue weighted by molar-refractivity contribution is 6.09. The maximum Gasteiger partial charge on any atom is 0.311 e. The first-order valence-corrected chi connectivity index (χ1v) is 14.1. The van der Waals surface area contributed by atoms with Gasteiger partial charge in [0.15, 0.2) is 11.5 Å². The SMILES string of the molecule is COc1ccc([C@@H]2C(C(=O)Nc3ccc(C)cn3)=C(C)NC3=C2C(=O)CC(C)(C)C3)cc1COc1cc(F)ccc1[N+](=O)[O-]. The van der Waals surface area contributed by atoms with Crippen molar-refractivity contribution in [3.8, 4) is 11.5 Å². The first-order valence-electron chi connectivity index (χ1n) is 14.1. The molecule has 1 atom stereocenters. The molecule has 2 heterocycles. The fourth-order valence-corrected chi connectivity index (χ4v) is 5.80. The molecular weight excluding hydrogens is 567 g/mol. The minimum Gasteiger partial charge on any atom is -0.496 e. The van der Waals surface area contributed by atoms with Gasteiger partial charge in [-0.15, -0.1) is 0 Å². The molecule has 2 aromatic carbocycles. The highest BCUT2D eigenvalue weighted by Crippen LogP contribution is 2.47. The van der Waals surface area contributed by atoms with Crippen molar-refractivity contribution in [3.63, 3.8) is 0 Å². The molecule has 228 valence electrons. The summed E-state index contributed by atoms with van der Waals surface area (Å²) in [6, 6.07) is 11.8. The predicted octanol–water partition coefficient (Wildman–Crippen LogP) is 6.27. The van der Waals surface area contributed by atoms with Crippen molar-refractivity contribution in [2.24, 2.45) is 5.41 Å². The Morgan fingerprint density at radius 2 is 1.91 bits per heavy atom. The predicted molar refractivity (Wildman–Crippen MR) is 162 cm³/mol. The van der Waals surface area contributed by atoms with Gasteiger partial charge in [0.25, 0.3) is 5.91 Å². The number of anilines is 1. The second-order valence-electron chi connectivity index (χ2n) is 11.8. The lowest BCUT2D eigenvalue weighted by atomic mass is 9.68. The Kier molecular flexibility index (Phi) is 8.23. The number of hydrogen-bond acceptors (Lipinski definition) is 8. The second kappa shape index (κ2) is 11.9. The molecule has 0 bridgehead atoms. The third-order valence-corrected chi connectivity index (χ3v) is 7.78. The van der Waals surface area contributed by atoms with Crippen molar-refractivity contribution in [1.82, 2.24) is 10.3 Å². The van der Waals surface area contributed by atoms with Crippen LogP contribution in [0.15, 0.2) is 77.3 Å². The van der Waals surface area contributed by atoms with Crippen molar-refractivity contribution in [3.05, 3.63) is 110 Å². The molecule has 5 rings (SSSR count). The second-order valence-corrected chi connectivity index (χ2v) is 11.8. The van der Waals surface area contributed by atoms with E-state index in [1.54, 1.807) is 37.4 Å². The molecule has 10 nitrogen and oxygen atoms in total. The first-order chi connectivity index (χ1) is 20.9. The lowest BCUT2D eigenvalue weighted by molar-refractivity contribution is -0.386. The molecule has 2 aliphatic rings. The van der Waals surface area contributed by atoms with Gasteiger partial charge >= 0.3 is 5.69 Å². The minimum atomic E-state index is -0.728. The van der Waals surface area contributed by atoms with Crippen LogP contribution in [0.25, 0.3) is 0 Å². The van der Waals surface area contributed by atoms with Crippen molar-refractivity contribution in [2.75, 3.05) is 12.4 Å². The number of carbonyl (C=O) groups excluding carboxylic acids is 2. The summed E-state index contributed by atoms with van der Waals surface area (Å²) in [7, 11) is 1.47. The van der Waals surface area contributed by atoms with Crippen molar-refractivity contribution in [1.29, 1.82) is 0 Å². The fraction of sp³-hybridized carbons (Fsp3) is 0.303. The van der Waals surface area contributed by atoms with Gasteiger partial charge < -0.3 is 20.1 Å². The summed E-state index contributed by atoms with van der Waals surface area (Å²) in [5.74, 6) is -1.33. The molecular formula is C33H33FN4O6. The molecule has 1 aromatic heterocycles. The Labute approximate surface area is 254 Å². The van der Waals surface area contributed by atoms with Gasteiger partial charge in [0.05, 0.1) is 12.0 Å². The number of nitrogens with one attached hydrogen (secondary N) is 2. The van der Waals surface area contributed by atoms with Crippen LogP contribution in [0.3, 0.4) is 0 Å². The van der Waals surface area contributed by atoms with Crippen molar-refractivity contribution < 1.29 is 28.4 Å². The summed E-state index contributed by atoms with van der Waals surface area (Å²) < 4.78 is 25.2. The number of nitro groups is 1. The maximum atomic E-state index is 14.0. The summed E-state index contributed by atoms with van der Waals surface area (Å²) in [6.45, 7) is 7.57. The number of dihydropyridines is 1. The molecule has 0 unspecified atom stereocenters. The lowest BCUT2D eigenvalue weighted by Crippen LogP contribution is -2.39. The minimum absolute atomic E-state index is 0.0657. The summed E-state index contributed by atoms with van der Waals surface area (Å²) in [6.07, 6.45) is 2.58. The number of allylic oxidation sites excluding steroid dienone is 3. The number of aromatic nitrogens is 1. The number of ether oxygens (including phenoxy) is 2. The molecule has 0 spiro atoms. The zero-order valence-electron chi connectivity index (χ0n) is 25.1. The number of hydrogen-bond donors (Lipinski definition) is 2. The molecule has 0 saturated carbocycles. The topological polar surface area (TPSA) is 133 Å². The van der Waals surface area contributed by atoms with Gasteiger partial charge in [-0.1, -0.05) is 26.0 Å². The van der Waals surface area contributed by atoms with Crippen LogP contribution in [-0.2, 0) is 16.2 Å². The number of aryl methyl sites for hydroxylation is 1. The highest BCUT2D eigenvalue weighted by atomic mass is 19.1. The Bertz CT molecular complexity index is 1730. The van der Waals surface area contributed by atoms with E-state index < -0.39 is 22.6 Å². The van der Waals surface area contributed by atoms with Crippen molar-refractivity contribution in [2.45, 2.75) is 53.1 Å². The van der Waals surface area contributed by atoms with Crippen LogP contribution < -0.4 is 20.1 Å². The van der Waals surface area contributed by atoms with E-state index in [1.807, 2.05) is 26.8 Å². The number of carbonyl (C=O) groups is 2. The van der Waals surface area contributed by atoms with E-state index in [0.29, 0.717) is 52.4 Å². The van der Waals surface area contributed by atoms with Gasteiger partial charge in [-0.25, -0.2) is 9.37 Å². The first kappa shape index (κ1) is 30.4. The molecule has 2 N–H and O–H groups in total. The molecule has 44 heavy (non-hydrogen) atoms.